The van der Waals surface area contributed by atoms with Gasteiger partial charge in [0.2, 0.25) is 0 Å². The molecule has 9 heteroatoms. The maximum Gasteiger partial charge on any atom is 0.485 e. The first-order valence-electron chi connectivity index (χ1n) is 5.50. The molecule has 0 fully saturated rings. The van der Waals surface area contributed by atoms with Crippen LogP contribution in [0.2, 0.25) is 0 Å². The molecule has 114 valence electrons. The van der Waals surface area contributed by atoms with Crippen LogP contribution in [0.15, 0.2) is 29.8 Å². The lowest BCUT2D eigenvalue weighted by atomic mass is 9.95. The zero-order valence-corrected chi connectivity index (χ0v) is 10.0. The van der Waals surface area contributed by atoms with Gasteiger partial charge in [0.15, 0.2) is 6.04 Å². The average Bonchev–Trinajstić information content (AvgIpc) is 2.33. The van der Waals surface area contributed by atoms with E-state index in [1.165, 1.54) is 6.07 Å². The molecule has 21 heavy (non-hydrogen) atoms. The van der Waals surface area contributed by atoms with Crippen LogP contribution in [-0.2, 0) is 4.79 Å². The van der Waals surface area contributed by atoms with Crippen molar-refractivity contribution in [3.05, 3.63) is 35.4 Å². The Bertz CT molecular complexity index is 605. The SMILES string of the molecule is O=C(O)C1=Cc2ccccc2N(C(F)(F)F)C1C(F)(F)F. The van der Waals surface area contributed by atoms with Gasteiger partial charge in [0, 0.05) is 0 Å². The fourth-order valence-corrected chi connectivity index (χ4v) is 2.14. The van der Waals surface area contributed by atoms with Crippen molar-refractivity contribution >= 4 is 17.7 Å². The Kier molecular flexibility index (Phi) is 3.38. The van der Waals surface area contributed by atoms with Crippen molar-refractivity contribution in [2.45, 2.75) is 18.5 Å². The molecule has 1 atom stereocenters. The van der Waals surface area contributed by atoms with Crippen LogP contribution < -0.4 is 4.90 Å². The van der Waals surface area contributed by atoms with Crippen LogP contribution in [-0.4, -0.2) is 29.6 Å². The second-order valence-electron chi connectivity index (χ2n) is 4.25. The Balaban J connectivity index is 2.75. The van der Waals surface area contributed by atoms with Crippen LogP contribution in [0.4, 0.5) is 32.0 Å². The molecule has 3 nitrogen and oxygen atoms in total. The predicted molar refractivity (Wildman–Crippen MR) is 60.4 cm³/mol. The summed E-state index contributed by atoms with van der Waals surface area (Å²) in [5.41, 5.74) is -2.36. The summed E-state index contributed by atoms with van der Waals surface area (Å²) < 4.78 is 78.1. The van der Waals surface area contributed by atoms with E-state index in [1.54, 1.807) is 0 Å². The fourth-order valence-electron chi connectivity index (χ4n) is 2.14. The van der Waals surface area contributed by atoms with Gasteiger partial charge in [0.1, 0.15) is 0 Å². The zero-order valence-electron chi connectivity index (χ0n) is 10.0. The molecule has 0 amide bonds. The fraction of sp³-hybridized carbons (Fsp3) is 0.250. The first kappa shape index (κ1) is 15.2. The molecule has 0 radical (unpaired) electrons. The highest BCUT2D eigenvalue weighted by Crippen LogP contribution is 2.45. The Morgan fingerprint density at radius 1 is 1.10 bits per heavy atom. The van der Waals surface area contributed by atoms with Crippen molar-refractivity contribution in [2.24, 2.45) is 0 Å². The third kappa shape index (κ3) is 2.67. The van der Waals surface area contributed by atoms with E-state index in [0.29, 0.717) is 6.08 Å². The Morgan fingerprint density at radius 3 is 2.14 bits per heavy atom. The third-order valence-corrected chi connectivity index (χ3v) is 2.89. The summed E-state index contributed by atoms with van der Waals surface area (Å²) in [6.07, 6.45) is -10.2. The normalized spacial score (nSPS) is 19.0. The van der Waals surface area contributed by atoms with E-state index in [4.69, 9.17) is 5.11 Å². The van der Waals surface area contributed by atoms with Crippen molar-refractivity contribution in [3.63, 3.8) is 0 Å². The van der Waals surface area contributed by atoms with Crippen molar-refractivity contribution in [1.29, 1.82) is 0 Å². The Hall–Kier alpha value is -2.19. The smallest absolute Gasteiger partial charge is 0.478 e. The molecule has 0 aromatic heterocycles. The highest BCUT2D eigenvalue weighted by molar-refractivity contribution is 5.97. The van der Waals surface area contributed by atoms with Gasteiger partial charge in [0.05, 0.1) is 11.3 Å². The van der Waals surface area contributed by atoms with E-state index in [9.17, 15) is 31.1 Å². The monoisotopic (exact) mass is 311 g/mol. The molecule has 0 bridgehead atoms. The molecule has 0 spiro atoms. The summed E-state index contributed by atoms with van der Waals surface area (Å²) in [6, 6.07) is 1.13. The van der Waals surface area contributed by atoms with Gasteiger partial charge < -0.3 is 5.11 Å². The number of nitrogens with zero attached hydrogens (tertiary/aromatic N) is 1. The van der Waals surface area contributed by atoms with Gasteiger partial charge in [-0.15, -0.1) is 0 Å². The Morgan fingerprint density at radius 2 is 1.67 bits per heavy atom. The summed E-state index contributed by atoms with van der Waals surface area (Å²) in [7, 11) is 0. The number of anilines is 1. The van der Waals surface area contributed by atoms with Crippen LogP contribution in [0.3, 0.4) is 0 Å². The van der Waals surface area contributed by atoms with Crippen molar-refractivity contribution in [2.75, 3.05) is 4.90 Å². The van der Waals surface area contributed by atoms with Crippen LogP contribution in [0.25, 0.3) is 6.08 Å². The standard InChI is InChI=1S/C12H7F6NO2/c13-11(14,15)9-7(10(20)21)5-6-3-1-2-4-8(6)19(9)12(16,17)18/h1-5,9H,(H,20,21). The lowest BCUT2D eigenvalue weighted by molar-refractivity contribution is -0.187. The number of para-hydroxylation sites is 1. The molecule has 0 aliphatic carbocycles. The molecule has 1 unspecified atom stereocenters. The lowest BCUT2D eigenvalue weighted by Gasteiger charge is -2.39. The van der Waals surface area contributed by atoms with E-state index in [2.05, 4.69) is 0 Å². The van der Waals surface area contributed by atoms with Gasteiger partial charge in [-0.2, -0.15) is 26.3 Å². The minimum atomic E-state index is -5.40. The minimum absolute atomic E-state index is 0.243. The molecule has 1 aromatic carbocycles. The summed E-state index contributed by atoms with van der Waals surface area (Å²) in [4.78, 5) is 10.1. The molecular formula is C12H7F6NO2. The van der Waals surface area contributed by atoms with Gasteiger partial charge in [-0.25, -0.2) is 4.79 Å². The topological polar surface area (TPSA) is 40.5 Å². The second-order valence-corrected chi connectivity index (χ2v) is 4.25. The molecular weight excluding hydrogens is 304 g/mol. The lowest BCUT2D eigenvalue weighted by Crippen LogP contribution is -2.56. The number of aliphatic carboxylic acids is 1. The van der Waals surface area contributed by atoms with Gasteiger partial charge in [-0.1, -0.05) is 18.2 Å². The number of alkyl halides is 6. The first-order chi connectivity index (χ1) is 9.53. The molecule has 1 N–H and O–H groups in total. The van der Waals surface area contributed by atoms with E-state index < -0.39 is 40.6 Å². The van der Waals surface area contributed by atoms with Gasteiger partial charge in [-0.3, -0.25) is 4.90 Å². The number of carbonyl (C=O) groups is 1. The summed E-state index contributed by atoms with van der Waals surface area (Å²) >= 11 is 0. The number of carboxylic acids is 1. The maximum atomic E-state index is 13.0. The highest BCUT2D eigenvalue weighted by atomic mass is 19.4. The average molecular weight is 311 g/mol. The van der Waals surface area contributed by atoms with E-state index >= 15 is 0 Å². The molecule has 1 aliphatic rings. The first-order valence-corrected chi connectivity index (χ1v) is 5.50. The Labute approximate surface area is 114 Å². The van der Waals surface area contributed by atoms with E-state index in [0.717, 1.165) is 18.2 Å². The van der Waals surface area contributed by atoms with Crippen molar-refractivity contribution < 1.29 is 36.2 Å². The van der Waals surface area contributed by atoms with Crippen LogP contribution in [0.5, 0.6) is 0 Å². The molecule has 1 aromatic rings. The van der Waals surface area contributed by atoms with Gasteiger partial charge in [0.25, 0.3) is 0 Å². The number of hydrogen-bond donors (Lipinski definition) is 1. The number of hydrogen-bond acceptors (Lipinski definition) is 2. The number of benzene rings is 1. The molecule has 0 saturated carbocycles. The van der Waals surface area contributed by atoms with Crippen LogP contribution in [0, 0.1) is 0 Å². The molecule has 2 rings (SSSR count). The second kappa shape index (κ2) is 4.68. The van der Waals surface area contributed by atoms with Gasteiger partial charge >= 0.3 is 18.4 Å². The third-order valence-electron chi connectivity index (χ3n) is 2.89. The number of fused-ring (bicyclic) bond motifs is 1. The summed E-state index contributed by atoms with van der Waals surface area (Å²) in [5.74, 6) is -2.05. The quantitative estimate of drug-likeness (QED) is 0.638. The molecule has 1 heterocycles. The van der Waals surface area contributed by atoms with Crippen molar-refractivity contribution in [3.8, 4) is 0 Å². The number of carboxylic acid groups (broad SMARTS) is 1. The summed E-state index contributed by atoms with van der Waals surface area (Å²) in [5, 5.41) is 8.82. The van der Waals surface area contributed by atoms with E-state index in [1.807, 2.05) is 0 Å². The minimum Gasteiger partial charge on any atom is -0.478 e. The van der Waals surface area contributed by atoms with E-state index in [-0.39, 0.29) is 5.56 Å². The largest absolute Gasteiger partial charge is 0.485 e. The summed E-state index contributed by atoms with van der Waals surface area (Å²) in [6.45, 7) is 0. The van der Waals surface area contributed by atoms with Crippen LogP contribution in [0.1, 0.15) is 5.56 Å². The number of rotatable bonds is 1. The highest BCUT2D eigenvalue weighted by Gasteiger charge is 2.57. The molecule has 1 aliphatic heterocycles. The van der Waals surface area contributed by atoms with Gasteiger partial charge in [-0.05, 0) is 17.7 Å². The predicted octanol–water partition coefficient (Wildman–Crippen LogP) is 3.43. The number of halogens is 6. The molecule has 0 saturated heterocycles. The van der Waals surface area contributed by atoms with Crippen LogP contribution >= 0.6 is 0 Å². The zero-order chi connectivity index (χ0) is 16.0. The van der Waals surface area contributed by atoms with Crippen molar-refractivity contribution in [1.82, 2.24) is 0 Å². The maximum absolute atomic E-state index is 13.0.